The lowest BCUT2D eigenvalue weighted by atomic mass is 9.95. The summed E-state index contributed by atoms with van der Waals surface area (Å²) < 4.78 is 7.07. The fraction of sp³-hybridized carbons (Fsp3) is 0. The van der Waals surface area contributed by atoms with Crippen LogP contribution in [0.25, 0.3) is 101 Å². The minimum atomic E-state index is 0.587. The van der Waals surface area contributed by atoms with Gasteiger partial charge in [0.2, 0.25) is 0 Å². The van der Waals surface area contributed by atoms with Crippen LogP contribution in [0.1, 0.15) is 0 Å². The van der Waals surface area contributed by atoms with Gasteiger partial charge >= 0.3 is 0 Å². The first-order valence-corrected chi connectivity index (χ1v) is 18.4. The van der Waals surface area contributed by atoms with E-state index < -0.39 is 0 Å². The molecule has 4 heteroatoms. The number of rotatable bonds is 7. The average Bonchev–Trinajstić information content (AvgIpc) is 3.67. The van der Waals surface area contributed by atoms with Gasteiger partial charge in [-0.2, -0.15) is 0 Å². The summed E-state index contributed by atoms with van der Waals surface area (Å²) in [6, 6.07) is 69.2. The largest absolute Gasteiger partial charge is 0.455 e. The van der Waals surface area contributed by atoms with Crippen LogP contribution >= 0.6 is 0 Å². The van der Waals surface area contributed by atoms with E-state index in [1.807, 2.05) is 72.8 Å². The van der Waals surface area contributed by atoms with Crippen molar-refractivity contribution in [3.63, 3.8) is 0 Å². The molecule has 0 saturated carbocycles. The molecule has 0 unspecified atom stereocenters. The first kappa shape index (κ1) is 32.2. The summed E-state index contributed by atoms with van der Waals surface area (Å²) in [5, 5.41) is 1.96. The zero-order chi connectivity index (χ0) is 36.6. The highest BCUT2D eigenvalue weighted by Crippen LogP contribution is 2.44. The Hall–Kier alpha value is -7.43. The molecule has 10 aromatic rings. The minimum Gasteiger partial charge on any atom is -0.455 e. The maximum Gasteiger partial charge on any atom is 0.164 e. The summed E-state index contributed by atoms with van der Waals surface area (Å²) in [6.07, 6.45) is 0. The molecular formula is C51H33N3O. The van der Waals surface area contributed by atoms with Gasteiger partial charge in [0.1, 0.15) is 11.2 Å². The number of hydrogen-bond acceptors (Lipinski definition) is 4. The van der Waals surface area contributed by atoms with Crippen LogP contribution < -0.4 is 0 Å². The number of aromatic nitrogens is 3. The Kier molecular flexibility index (Phi) is 8.12. The highest BCUT2D eigenvalue weighted by Gasteiger charge is 2.22. The Labute approximate surface area is 319 Å². The van der Waals surface area contributed by atoms with Crippen molar-refractivity contribution in [1.29, 1.82) is 0 Å². The van der Waals surface area contributed by atoms with Gasteiger partial charge in [-0.25, -0.2) is 15.0 Å². The van der Waals surface area contributed by atoms with Crippen molar-refractivity contribution in [3.8, 4) is 78.7 Å². The lowest BCUT2D eigenvalue weighted by Gasteiger charge is -2.11. The maximum absolute atomic E-state index is 7.07. The molecule has 0 aliphatic rings. The van der Waals surface area contributed by atoms with E-state index in [0.29, 0.717) is 17.5 Å². The lowest BCUT2D eigenvalue weighted by Crippen LogP contribution is -2.00. The van der Waals surface area contributed by atoms with E-state index in [4.69, 9.17) is 19.4 Å². The Bertz CT molecular complexity index is 2870. The molecule has 0 spiro atoms. The van der Waals surface area contributed by atoms with Crippen molar-refractivity contribution in [2.24, 2.45) is 0 Å². The molecule has 4 nitrogen and oxygen atoms in total. The first-order chi connectivity index (χ1) is 27.3. The van der Waals surface area contributed by atoms with E-state index in [9.17, 15) is 0 Å². The molecule has 0 aliphatic carbocycles. The third kappa shape index (κ3) is 6.06. The minimum absolute atomic E-state index is 0.587. The third-order valence-electron chi connectivity index (χ3n) is 10.2. The number of para-hydroxylation sites is 1. The van der Waals surface area contributed by atoms with Gasteiger partial charge in [-0.1, -0.05) is 188 Å². The maximum atomic E-state index is 7.07. The monoisotopic (exact) mass is 703 g/mol. The summed E-state index contributed by atoms with van der Waals surface area (Å²) in [5.74, 6) is 1.82. The second-order valence-corrected chi connectivity index (χ2v) is 13.6. The molecule has 0 saturated heterocycles. The Balaban J connectivity index is 1.20. The van der Waals surface area contributed by atoms with Crippen molar-refractivity contribution in [2.75, 3.05) is 0 Å². The van der Waals surface area contributed by atoms with Gasteiger partial charge < -0.3 is 4.42 Å². The van der Waals surface area contributed by atoms with E-state index in [0.717, 1.165) is 66.4 Å². The second kappa shape index (κ2) is 13.8. The highest BCUT2D eigenvalue weighted by atomic mass is 16.3. The van der Waals surface area contributed by atoms with E-state index in [-0.39, 0.29) is 0 Å². The quantitative estimate of drug-likeness (QED) is 0.166. The van der Waals surface area contributed by atoms with Crippen LogP contribution in [0.2, 0.25) is 0 Å². The second-order valence-electron chi connectivity index (χ2n) is 13.6. The molecule has 0 radical (unpaired) electrons. The summed E-state index contributed by atoms with van der Waals surface area (Å²) in [7, 11) is 0. The van der Waals surface area contributed by atoms with Crippen molar-refractivity contribution in [2.45, 2.75) is 0 Å². The fourth-order valence-electron chi connectivity index (χ4n) is 7.42. The molecule has 2 heterocycles. The Morgan fingerprint density at radius 3 is 1.13 bits per heavy atom. The normalized spacial score (nSPS) is 11.3. The summed E-state index contributed by atoms with van der Waals surface area (Å²) in [6.45, 7) is 0. The summed E-state index contributed by atoms with van der Waals surface area (Å²) in [5.41, 5.74) is 13.2. The van der Waals surface area contributed by atoms with Crippen LogP contribution in [-0.2, 0) is 0 Å². The van der Waals surface area contributed by atoms with Gasteiger partial charge in [0.25, 0.3) is 0 Å². The summed E-state index contributed by atoms with van der Waals surface area (Å²) >= 11 is 0. The number of benzene rings is 8. The van der Waals surface area contributed by atoms with Gasteiger partial charge in [0.05, 0.1) is 0 Å². The Morgan fingerprint density at radius 1 is 0.255 bits per heavy atom. The van der Waals surface area contributed by atoms with Crippen LogP contribution in [0.4, 0.5) is 0 Å². The van der Waals surface area contributed by atoms with Crippen LogP contribution in [0.15, 0.2) is 205 Å². The number of nitrogens with zero attached hydrogens (tertiary/aromatic N) is 3. The van der Waals surface area contributed by atoms with E-state index in [1.165, 1.54) is 16.7 Å². The average molecular weight is 704 g/mol. The number of hydrogen-bond donors (Lipinski definition) is 0. The van der Waals surface area contributed by atoms with Crippen LogP contribution in [0.3, 0.4) is 0 Å². The zero-order valence-electron chi connectivity index (χ0n) is 29.8. The predicted octanol–water partition coefficient (Wildman–Crippen LogP) is 13.4. The van der Waals surface area contributed by atoms with E-state index in [2.05, 4.69) is 127 Å². The van der Waals surface area contributed by atoms with Crippen LogP contribution in [-0.4, -0.2) is 15.0 Å². The molecule has 0 aliphatic heterocycles. The van der Waals surface area contributed by atoms with Gasteiger partial charge in [-0.05, 0) is 45.5 Å². The fourth-order valence-corrected chi connectivity index (χ4v) is 7.42. The smallest absolute Gasteiger partial charge is 0.164 e. The SMILES string of the molecule is c1ccc(-c2ccc(-c3cccc4c3oc3c(-c5ccc(-c6ccccc6)cc5)ccc(-c5nc(-c6ccccc6)nc(-c6ccccc6)n5)c34)cc2)cc1. The molecule has 0 atom stereocenters. The van der Waals surface area contributed by atoms with Crippen molar-refractivity contribution < 1.29 is 4.42 Å². The Morgan fingerprint density at radius 2 is 0.636 bits per heavy atom. The number of furan rings is 1. The first-order valence-electron chi connectivity index (χ1n) is 18.4. The van der Waals surface area contributed by atoms with Crippen LogP contribution in [0.5, 0.6) is 0 Å². The molecule has 10 rings (SSSR count). The van der Waals surface area contributed by atoms with E-state index in [1.54, 1.807) is 0 Å². The van der Waals surface area contributed by atoms with E-state index >= 15 is 0 Å². The molecule has 55 heavy (non-hydrogen) atoms. The lowest BCUT2D eigenvalue weighted by molar-refractivity contribution is 0.671. The molecule has 0 fully saturated rings. The molecular weight excluding hydrogens is 671 g/mol. The van der Waals surface area contributed by atoms with Crippen LogP contribution in [0, 0.1) is 0 Å². The molecule has 2 aromatic heterocycles. The topological polar surface area (TPSA) is 51.8 Å². The highest BCUT2D eigenvalue weighted by molar-refractivity contribution is 6.18. The summed E-state index contributed by atoms with van der Waals surface area (Å²) in [4.78, 5) is 15.2. The third-order valence-corrected chi connectivity index (χ3v) is 10.2. The molecule has 8 aromatic carbocycles. The zero-order valence-corrected chi connectivity index (χ0v) is 29.8. The molecule has 0 N–H and O–H groups in total. The van der Waals surface area contributed by atoms with Gasteiger partial charge in [-0.3, -0.25) is 0 Å². The standard InChI is InChI=1S/C51H33N3O/c1-5-14-34(15-6-1)36-24-28-38(29-25-36)42-22-13-23-44-46-45(51-53-49(40-18-9-3-10-19-40)52-50(54-51)41-20-11-4-12-21-41)33-32-43(48(46)55-47(42)44)39-30-26-37(27-31-39)35-16-7-2-8-17-35/h1-33H. The van der Waals surface area contributed by atoms with Crippen molar-refractivity contribution in [1.82, 2.24) is 15.0 Å². The molecule has 0 bridgehead atoms. The predicted molar refractivity (Wildman–Crippen MR) is 225 cm³/mol. The van der Waals surface area contributed by atoms with Gasteiger partial charge in [0.15, 0.2) is 17.5 Å². The van der Waals surface area contributed by atoms with Crippen molar-refractivity contribution in [3.05, 3.63) is 200 Å². The number of fused-ring (bicyclic) bond motifs is 3. The van der Waals surface area contributed by atoms with Gasteiger partial charge in [0, 0.05) is 38.6 Å². The van der Waals surface area contributed by atoms with Crippen molar-refractivity contribution >= 4 is 21.9 Å². The molecule has 0 amide bonds. The van der Waals surface area contributed by atoms with Gasteiger partial charge in [-0.15, -0.1) is 0 Å². The molecule has 258 valence electrons.